The fourth-order valence-electron chi connectivity index (χ4n) is 3.38. The van der Waals surface area contributed by atoms with Gasteiger partial charge in [0.05, 0.1) is 24.0 Å². The van der Waals surface area contributed by atoms with Gasteiger partial charge in [-0.3, -0.25) is 14.5 Å². The minimum atomic E-state index is -0.159. The van der Waals surface area contributed by atoms with Gasteiger partial charge in [0, 0.05) is 6.54 Å². The topological polar surface area (TPSA) is 46.6 Å². The number of ether oxygens (including phenoxy) is 1. The van der Waals surface area contributed by atoms with Crippen LogP contribution in [0.1, 0.15) is 33.1 Å². The molecule has 2 bridgehead atoms. The van der Waals surface area contributed by atoms with E-state index >= 15 is 0 Å². The number of hydrogen-bond acceptors (Lipinski definition) is 3. The zero-order valence-electron chi connectivity index (χ0n) is 10.4. The van der Waals surface area contributed by atoms with Crippen LogP contribution in [0.2, 0.25) is 0 Å². The van der Waals surface area contributed by atoms with E-state index in [0.717, 1.165) is 19.3 Å². The van der Waals surface area contributed by atoms with E-state index in [1.54, 1.807) is 0 Å². The van der Waals surface area contributed by atoms with Gasteiger partial charge in [-0.15, -0.1) is 0 Å². The third kappa shape index (κ3) is 1.53. The molecule has 0 aromatic heterocycles. The number of likely N-dealkylation sites (tertiary alicyclic amines) is 1. The summed E-state index contributed by atoms with van der Waals surface area (Å²) in [7, 11) is 0. The fourth-order valence-corrected chi connectivity index (χ4v) is 3.38. The smallest absolute Gasteiger partial charge is 0.235 e. The molecule has 0 aromatic carbocycles. The first-order chi connectivity index (χ1) is 8.09. The number of nitrogens with zero attached hydrogens (tertiary/aromatic N) is 1. The van der Waals surface area contributed by atoms with Crippen molar-refractivity contribution in [2.75, 3.05) is 6.54 Å². The van der Waals surface area contributed by atoms with E-state index in [2.05, 4.69) is 13.8 Å². The molecule has 4 nitrogen and oxygen atoms in total. The Bertz CT molecular complexity index is 338. The first-order valence-corrected chi connectivity index (χ1v) is 6.60. The first kappa shape index (κ1) is 11.2. The number of imide groups is 1. The van der Waals surface area contributed by atoms with Crippen molar-refractivity contribution >= 4 is 11.8 Å². The molecular formula is C13H19NO3. The van der Waals surface area contributed by atoms with Crippen molar-refractivity contribution in [3.8, 4) is 0 Å². The number of fused-ring (bicyclic) bond motifs is 5. The van der Waals surface area contributed by atoms with Crippen molar-refractivity contribution in [3.63, 3.8) is 0 Å². The lowest BCUT2D eigenvalue weighted by Crippen LogP contribution is -2.35. The maximum Gasteiger partial charge on any atom is 0.235 e. The molecule has 17 heavy (non-hydrogen) atoms. The molecule has 4 atom stereocenters. The average molecular weight is 237 g/mol. The Morgan fingerprint density at radius 2 is 1.71 bits per heavy atom. The van der Waals surface area contributed by atoms with Crippen LogP contribution < -0.4 is 0 Å². The summed E-state index contributed by atoms with van der Waals surface area (Å²) >= 11 is 0. The normalized spacial score (nSPS) is 39.6. The van der Waals surface area contributed by atoms with Gasteiger partial charge in [-0.2, -0.15) is 0 Å². The molecule has 0 saturated carbocycles. The highest BCUT2D eigenvalue weighted by Crippen LogP contribution is 2.48. The van der Waals surface area contributed by atoms with E-state index in [1.807, 2.05) is 0 Å². The molecule has 3 fully saturated rings. The van der Waals surface area contributed by atoms with E-state index in [9.17, 15) is 9.59 Å². The Labute approximate surface area is 101 Å². The molecule has 0 unspecified atom stereocenters. The van der Waals surface area contributed by atoms with Crippen LogP contribution in [-0.2, 0) is 14.3 Å². The number of carbonyl (C=O) groups excluding carboxylic acids is 2. The second kappa shape index (κ2) is 3.80. The van der Waals surface area contributed by atoms with Crippen LogP contribution in [0.15, 0.2) is 0 Å². The highest BCUT2D eigenvalue weighted by molar-refractivity contribution is 6.06. The van der Waals surface area contributed by atoms with Crippen molar-refractivity contribution in [1.82, 2.24) is 4.90 Å². The van der Waals surface area contributed by atoms with Crippen molar-refractivity contribution in [3.05, 3.63) is 0 Å². The van der Waals surface area contributed by atoms with Gasteiger partial charge in [-0.05, 0) is 25.2 Å². The highest BCUT2D eigenvalue weighted by Gasteiger charge is 2.62. The standard InChI is InChI=1S/C13H19NO3/c1-7(2)5-6-14-12(15)10-8-3-4-9(17-8)11(10)13(14)16/h7-11H,3-6H2,1-2H3/t8-,9+,10-,11+. The zero-order chi connectivity index (χ0) is 12.2. The Balaban J connectivity index is 1.76. The van der Waals surface area contributed by atoms with Crippen molar-refractivity contribution in [2.45, 2.75) is 45.3 Å². The third-order valence-electron chi connectivity index (χ3n) is 4.31. The molecule has 4 heteroatoms. The molecule has 0 spiro atoms. The number of hydrogen-bond donors (Lipinski definition) is 0. The molecule has 3 heterocycles. The maximum absolute atomic E-state index is 12.2. The molecule has 94 valence electrons. The Morgan fingerprint density at radius 3 is 2.18 bits per heavy atom. The molecule has 3 saturated heterocycles. The second-order valence-corrected chi connectivity index (χ2v) is 5.85. The van der Waals surface area contributed by atoms with E-state index < -0.39 is 0 Å². The summed E-state index contributed by atoms with van der Waals surface area (Å²) in [5, 5.41) is 0. The second-order valence-electron chi connectivity index (χ2n) is 5.85. The first-order valence-electron chi connectivity index (χ1n) is 6.60. The van der Waals surface area contributed by atoms with Crippen LogP contribution in [0.3, 0.4) is 0 Å². The summed E-state index contributed by atoms with van der Waals surface area (Å²) in [6.45, 7) is 4.80. The molecule has 0 aliphatic carbocycles. The predicted molar refractivity (Wildman–Crippen MR) is 61.1 cm³/mol. The number of carbonyl (C=O) groups is 2. The van der Waals surface area contributed by atoms with Gasteiger partial charge in [-0.25, -0.2) is 0 Å². The molecule has 3 aliphatic rings. The van der Waals surface area contributed by atoms with Gasteiger partial charge >= 0.3 is 0 Å². The lowest BCUT2D eigenvalue weighted by molar-refractivity contribution is -0.142. The molecule has 2 amide bonds. The highest BCUT2D eigenvalue weighted by atomic mass is 16.5. The van der Waals surface area contributed by atoms with Crippen molar-refractivity contribution < 1.29 is 14.3 Å². The summed E-state index contributed by atoms with van der Waals surface area (Å²) in [6, 6.07) is 0. The summed E-state index contributed by atoms with van der Waals surface area (Å²) in [4.78, 5) is 25.9. The van der Waals surface area contributed by atoms with Crippen LogP contribution in [0.25, 0.3) is 0 Å². The average Bonchev–Trinajstić information content (AvgIpc) is 2.92. The summed E-state index contributed by atoms with van der Waals surface area (Å²) in [6.07, 6.45) is 2.83. The molecule has 0 aromatic rings. The summed E-state index contributed by atoms with van der Waals surface area (Å²) < 4.78 is 5.69. The van der Waals surface area contributed by atoms with Gasteiger partial charge in [-0.1, -0.05) is 13.8 Å². The van der Waals surface area contributed by atoms with Crippen LogP contribution in [0.4, 0.5) is 0 Å². The van der Waals surface area contributed by atoms with E-state index in [0.29, 0.717) is 12.5 Å². The van der Waals surface area contributed by atoms with Crippen molar-refractivity contribution in [2.24, 2.45) is 17.8 Å². The molecular weight excluding hydrogens is 218 g/mol. The van der Waals surface area contributed by atoms with Gasteiger partial charge in [0.15, 0.2) is 0 Å². The molecule has 3 rings (SSSR count). The SMILES string of the molecule is CC(C)CCN1C(=O)[C@@H]2[C@H](C1=O)[C@H]1CC[C@@H]2O1. The molecule has 3 aliphatic heterocycles. The molecule has 0 N–H and O–H groups in total. The van der Waals surface area contributed by atoms with Crippen LogP contribution >= 0.6 is 0 Å². The maximum atomic E-state index is 12.2. The van der Waals surface area contributed by atoms with Gasteiger partial charge < -0.3 is 4.74 Å². The van der Waals surface area contributed by atoms with Crippen molar-refractivity contribution in [1.29, 1.82) is 0 Å². The number of rotatable bonds is 3. The summed E-state index contributed by atoms with van der Waals surface area (Å²) in [5.41, 5.74) is 0. The van der Waals surface area contributed by atoms with Gasteiger partial charge in [0.1, 0.15) is 0 Å². The van der Waals surface area contributed by atoms with E-state index in [4.69, 9.17) is 4.74 Å². The Morgan fingerprint density at radius 1 is 1.18 bits per heavy atom. The van der Waals surface area contributed by atoms with Gasteiger partial charge in [0.25, 0.3) is 0 Å². The third-order valence-corrected chi connectivity index (χ3v) is 4.31. The Hall–Kier alpha value is -0.900. The molecule has 0 radical (unpaired) electrons. The fraction of sp³-hybridized carbons (Fsp3) is 0.846. The quantitative estimate of drug-likeness (QED) is 0.693. The minimum Gasteiger partial charge on any atom is -0.373 e. The van der Waals surface area contributed by atoms with E-state index in [1.165, 1.54) is 4.90 Å². The van der Waals surface area contributed by atoms with E-state index in [-0.39, 0.29) is 35.9 Å². The largest absolute Gasteiger partial charge is 0.373 e. The Kier molecular flexibility index (Phi) is 2.51. The zero-order valence-corrected chi connectivity index (χ0v) is 10.4. The van der Waals surface area contributed by atoms with Crippen LogP contribution in [0.5, 0.6) is 0 Å². The summed E-state index contributed by atoms with van der Waals surface area (Å²) in [5.74, 6) is 0.242. The lowest BCUT2D eigenvalue weighted by atomic mass is 9.81. The predicted octanol–water partition coefficient (Wildman–Crippen LogP) is 1.19. The lowest BCUT2D eigenvalue weighted by Gasteiger charge is -2.18. The van der Waals surface area contributed by atoms with Crippen LogP contribution in [0, 0.1) is 17.8 Å². The minimum absolute atomic E-state index is 0.0190. The monoisotopic (exact) mass is 237 g/mol. The van der Waals surface area contributed by atoms with Gasteiger partial charge in [0.2, 0.25) is 11.8 Å². The van der Waals surface area contributed by atoms with Crippen LogP contribution in [-0.4, -0.2) is 35.5 Å². The number of amides is 2.